The Bertz CT molecular complexity index is 3050. The Balaban J connectivity index is 1.27. The van der Waals surface area contributed by atoms with Crippen LogP contribution in [0.15, 0.2) is 173 Å². The molecule has 0 fully saturated rings. The summed E-state index contributed by atoms with van der Waals surface area (Å²) in [5.74, 6) is 0. The standard InChI is InChI=1S/C46H27NO2/c1-2-12-29(13-3-1)47-38-20-10-8-14-30(38)37-26-28(22-23-39(37)47)43-31-15-4-6-17-33(31)44(34-18-7-5-16-32(34)43)46-36-24-25-48-41(36)27-42-45(46)35-19-9-11-21-40(35)49-42/h1-27H. The van der Waals surface area contributed by atoms with Crippen molar-refractivity contribution in [3.05, 3.63) is 164 Å². The molecule has 0 bridgehead atoms. The van der Waals surface area contributed by atoms with Crippen molar-refractivity contribution in [2.75, 3.05) is 0 Å². The molecule has 0 spiro atoms. The van der Waals surface area contributed by atoms with Gasteiger partial charge in [-0.1, -0.05) is 109 Å². The second kappa shape index (κ2) is 9.96. The number of aromatic nitrogens is 1. The summed E-state index contributed by atoms with van der Waals surface area (Å²) in [6.45, 7) is 0. The quantitative estimate of drug-likeness (QED) is 0.183. The molecule has 3 heteroatoms. The summed E-state index contributed by atoms with van der Waals surface area (Å²) in [5.41, 5.74) is 10.9. The van der Waals surface area contributed by atoms with Crippen molar-refractivity contribution in [1.82, 2.24) is 4.57 Å². The highest BCUT2D eigenvalue weighted by molar-refractivity contribution is 6.30. The maximum absolute atomic E-state index is 6.46. The van der Waals surface area contributed by atoms with Crippen LogP contribution >= 0.6 is 0 Å². The highest BCUT2D eigenvalue weighted by atomic mass is 16.3. The normalized spacial score (nSPS) is 12.1. The lowest BCUT2D eigenvalue weighted by molar-refractivity contribution is 0.613. The second-order valence-corrected chi connectivity index (χ2v) is 12.8. The summed E-state index contributed by atoms with van der Waals surface area (Å²) in [5, 5.41) is 10.6. The molecule has 0 aliphatic rings. The average molecular weight is 626 g/mol. The van der Waals surface area contributed by atoms with E-state index in [9.17, 15) is 0 Å². The Hall–Kier alpha value is -6.58. The third-order valence-corrected chi connectivity index (χ3v) is 10.3. The topological polar surface area (TPSA) is 31.2 Å². The predicted octanol–water partition coefficient (Wildman–Crippen LogP) is 13.1. The molecule has 11 aromatic rings. The average Bonchev–Trinajstić information content (AvgIpc) is 3.87. The summed E-state index contributed by atoms with van der Waals surface area (Å²) in [7, 11) is 0. The van der Waals surface area contributed by atoms with Gasteiger partial charge in [0.15, 0.2) is 0 Å². The van der Waals surface area contributed by atoms with E-state index in [1.165, 1.54) is 60.0 Å². The summed E-state index contributed by atoms with van der Waals surface area (Å²) >= 11 is 0. The molecule has 0 radical (unpaired) electrons. The third kappa shape index (κ3) is 3.67. The van der Waals surface area contributed by atoms with Gasteiger partial charge in [-0.25, -0.2) is 0 Å². The second-order valence-electron chi connectivity index (χ2n) is 12.8. The summed E-state index contributed by atoms with van der Waals surface area (Å²) < 4.78 is 14.9. The smallest absolute Gasteiger partial charge is 0.139 e. The van der Waals surface area contributed by atoms with Gasteiger partial charge < -0.3 is 13.4 Å². The maximum Gasteiger partial charge on any atom is 0.139 e. The van der Waals surface area contributed by atoms with Gasteiger partial charge in [0.1, 0.15) is 16.7 Å². The van der Waals surface area contributed by atoms with Crippen molar-refractivity contribution < 1.29 is 8.83 Å². The van der Waals surface area contributed by atoms with Crippen LogP contribution in [0.4, 0.5) is 0 Å². The number of para-hydroxylation sites is 3. The van der Waals surface area contributed by atoms with Gasteiger partial charge in [-0.05, 0) is 80.7 Å². The van der Waals surface area contributed by atoms with Crippen LogP contribution in [-0.2, 0) is 0 Å². The van der Waals surface area contributed by atoms with Gasteiger partial charge in [-0.15, -0.1) is 0 Å². The van der Waals surface area contributed by atoms with Gasteiger partial charge in [-0.3, -0.25) is 0 Å². The first-order valence-corrected chi connectivity index (χ1v) is 16.7. The molecular weight excluding hydrogens is 599 g/mol. The van der Waals surface area contributed by atoms with Gasteiger partial charge in [0.05, 0.1) is 17.3 Å². The fourth-order valence-corrected chi connectivity index (χ4v) is 8.27. The molecule has 0 saturated carbocycles. The van der Waals surface area contributed by atoms with Gasteiger partial charge in [-0.2, -0.15) is 0 Å². The molecule has 0 unspecified atom stereocenters. The zero-order valence-corrected chi connectivity index (χ0v) is 26.4. The fraction of sp³-hybridized carbons (Fsp3) is 0. The largest absolute Gasteiger partial charge is 0.464 e. The van der Waals surface area contributed by atoms with Gasteiger partial charge in [0.2, 0.25) is 0 Å². The van der Waals surface area contributed by atoms with E-state index in [0.717, 1.165) is 44.2 Å². The number of hydrogen-bond acceptors (Lipinski definition) is 2. The van der Waals surface area contributed by atoms with Crippen molar-refractivity contribution in [1.29, 1.82) is 0 Å². The Morgan fingerprint density at radius 1 is 0.367 bits per heavy atom. The molecule has 0 saturated heterocycles. The van der Waals surface area contributed by atoms with Crippen LogP contribution in [0.5, 0.6) is 0 Å². The Morgan fingerprint density at radius 2 is 0.980 bits per heavy atom. The van der Waals surface area contributed by atoms with Gasteiger partial charge >= 0.3 is 0 Å². The third-order valence-electron chi connectivity index (χ3n) is 10.3. The molecule has 3 aromatic heterocycles. The van der Waals surface area contributed by atoms with E-state index >= 15 is 0 Å². The van der Waals surface area contributed by atoms with Crippen molar-refractivity contribution in [2.24, 2.45) is 0 Å². The van der Waals surface area contributed by atoms with Crippen LogP contribution in [0.25, 0.3) is 104 Å². The highest BCUT2D eigenvalue weighted by Gasteiger charge is 2.24. The summed E-state index contributed by atoms with van der Waals surface area (Å²) in [4.78, 5) is 0. The van der Waals surface area contributed by atoms with E-state index in [4.69, 9.17) is 8.83 Å². The molecule has 0 atom stereocenters. The van der Waals surface area contributed by atoms with Gasteiger partial charge in [0, 0.05) is 44.2 Å². The van der Waals surface area contributed by atoms with E-state index < -0.39 is 0 Å². The molecule has 49 heavy (non-hydrogen) atoms. The summed E-state index contributed by atoms with van der Waals surface area (Å²) in [6.07, 6.45) is 1.79. The first-order chi connectivity index (χ1) is 24.3. The minimum absolute atomic E-state index is 0.819. The number of fused-ring (bicyclic) bond motifs is 9. The van der Waals surface area contributed by atoms with Crippen molar-refractivity contribution in [3.8, 4) is 27.9 Å². The molecule has 0 aliphatic heterocycles. The van der Waals surface area contributed by atoms with Crippen LogP contribution in [-0.4, -0.2) is 4.57 Å². The minimum Gasteiger partial charge on any atom is -0.464 e. The van der Waals surface area contributed by atoms with E-state index in [1.54, 1.807) is 6.26 Å². The lowest BCUT2D eigenvalue weighted by Gasteiger charge is -2.19. The zero-order valence-electron chi connectivity index (χ0n) is 26.4. The molecule has 0 N–H and O–H groups in total. The zero-order chi connectivity index (χ0) is 32.1. The van der Waals surface area contributed by atoms with Crippen molar-refractivity contribution in [3.63, 3.8) is 0 Å². The van der Waals surface area contributed by atoms with Crippen LogP contribution in [0.1, 0.15) is 0 Å². The Morgan fingerprint density at radius 3 is 1.73 bits per heavy atom. The number of furan rings is 2. The Labute approximate surface area is 280 Å². The highest BCUT2D eigenvalue weighted by Crippen LogP contribution is 2.50. The van der Waals surface area contributed by atoms with E-state index in [-0.39, 0.29) is 0 Å². The maximum atomic E-state index is 6.46. The van der Waals surface area contributed by atoms with Crippen LogP contribution < -0.4 is 0 Å². The SMILES string of the molecule is c1ccc(-n2c3ccccc3c3cc(-c4c5ccccc5c(-c5c6ccoc6cc6oc7ccccc7c56)c5ccccc45)ccc32)cc1. The fourth-order valence-electron chi connectivity index (χ4n) is 8.27. The minimum atomic E-state index is 0.819. The van der Waals surface area contributed by atoms with Crippen LogP contribution in [0.2, 0.25) is 0 Å². The number of rotatable bonds is 3. The first kappa shape index (κ1) is 26.5. The van der Waals surface area contributed by atoms with Crippen molar-refractivity contribution in [2.45, 2.75) is 0 Å². The molecule has 3 nitrogen and oxygen atoms in total. The van der Waals surface area contributed by atoms with E-state index in [0.29, 0.717) is 0 Å². The number of hydrogen-bond donors (Lipinski definition) is 0. The Kier molecular flexibility index (Phi) is 5.38. The molecule has 11 rings (SSSR count). The van der Waals surface area contributed by atoms with E-state index in [1.807, 2.05) is 18.2 Å². The number of nitrogens with zero attached hydrogens (tertiary/aromatic N) is 1. The number of benzene rings is 8. The molecule has 228 valence electrons. The van der Waals surface area contributed by atoms with Crippen LogP contribution in [0, 0.1) is 0 Å². The van der Waals surface area contributed by atoms with E-state index in [2.05, 4.69) is 144 Å². The summed E-state index contributed by atoms with van der Waals surface area (Å²) in [6, 6.07) is 56.5. The molecular formula is C46H27NO2. The first-order valence-electron chi connectivity index (χ1n) is 16.7. The lowest BCUT2D eigenvalue weighted by atomic mass is 9.84. The van der Waals surface area contributed by atoms with Crippen molar-refractivity contribution >= 4 is 76.3 Å². The predicted molar refractivity (Wildman–Crippen MR) is 204 cm³/mol. The monoisotopic (exact) mass is 625 g/mol. The lowest BCUT2D eigenvalue weighted by Crippen LogP contribution is -1.93. The molecule has 0 aliphatic carbocycles. The molecule has 0 amide bonds. The molecule has 3 heterocycles. The van der Waals surface area contributed by atoms with Gasteiger partial charge in [0.25, 0.3) is 0 Å². The van der Waals surface area contributed by atoms with Crippen LogP contribution in [0.3, 0.4) is 0 Å². The molecule has 8 aromatic carbocycles.